The summed E-state index contributed by atoms with van der Waals surface area (Å²) in [6, 6.07) is 20.6. The first-order valence-corrected chi connectivity index (χ1v) is 13.9. The maximum Gasteiger partial charge on any atom is 0.343 e. The standard InChI is InChI=1S/C33H30ClN3O8/c1-5-44-27-16-20(6-15-26(27)45-33(40)23-17-28(41-2)30(43-4)29(18-23)42-3)19-35-37-32(39)22-9-13-25(14-10-22)36-31(38)21-7-11-24(34)12-8-21/h6-19H,5H2,1-4H3,(H,36,38)(H,37,39)/b35-19-. The van der Waals surface area contributed by atoms with Crippen molar-refractivity contribution in [2.75, 3.05) is 33.3 Å². The number of amides is 2. The number of carbonyl (C=O) groups excluding carboxylic acids is 3. The Labute approximate surface area is 264 Å². The summed E-state index contributed by atoms with van der Waals surface area (Å²) in [4.78, 5) is 38.0. The molecule has 0 unspecified atom stereocenters. The lowest BCUT2D eigenvalue weighted by molar-refractivity contribution is 0.0727. The van der Waals surface area contributed by atoms with Crippen molar-refractivity contribution in [3.8, 4) is 28.7 Å². The average Bonchev–Trinajstić information content (AvgIpc) is 3.05. The van der Waals surface area contributed by atoms with E-state index in [2.05, 4.69) is 15.8 Å². The zero-order valence-corrected chi connectivity index (χ0v) is 25.6. The number of hydrazone groups is 1. The second kappa shape index (κ2) is 15.3. The third-order valence-corrected chi connectivity index (χ3v) is 6.51. The van der Waals surface area contributed by atoms with Crippen LogP contribution in [0.5, 0.6) is 28.7 Å². The zero-order chi connectivity index (χ0) is 32.3. The number of hydrogen-bond acceptors (Lipinski definition) is 9. The van der Waals surface area contributed by atoms with Crippen LogP contribution in [0.25, 0.3) is 0 Å². The highest BCUT2D eigenvalue weighted by atomic mass is 35.5. The monoisotopic (exact) mass is 631 g/mol. The lowest BCUT2D eigenvalue weighted by atomic mass is 10.1. The Morgan fingerprint density at radius 1 is 0.733 bits per heavy atom. The molecule has 0 aliphatic carbocycles. The van der Waals surface area contributed by atoms with Crippen molar-refractivity contribution in [2.45, 2.75) is 6.92 Å². The molecule has 0 aliphatic heterocycles. The first-order chi connectivity index (χ1) is 21.8. The van der Waals surface area contributed by atoms with Crippen molar-refractivity contribution in [1.29, 1.82) is 0 Å². The van der Waals surface area contributed by atoms with E-state index in [1.54, 1.807) is 73.7 Å². The summed E-state index contributed by atoms with van der Waals surface area (Å²) >= 11 is 5.87. The van der Waals surface area contributed by atoms with Gasteiger partial charge in [-0.05, 0) is 91.3 Å². The fourth-order valence-electron chi connectivity index (χ4n) is 4.05. The van der Waals surface area contributed by atoms with Gasteiger partial charge in [0.05, 0.1) is 39.7 Å². The van der Waals surface area contributed by atoms with Gasteiger partial charge in [-0.25, -0.2) is 10.2 Å². The molecule has 0 spiro atoms. The summed E-state index contributed by atoms with van der Waals surface area (Å²) in [5.41, 5.74) is 4.52. The molecular weight excluding hydrogens is 602 g/mol. The average molecular weight is 632 g/mol. The van der Waals surface area contributed by atoms with Crippen LogP contribution in [0.4, 0.5) is 5.69 Å². The van der Waals surface area contributed by atoms with Gasteiger partial charge in [0.2, 0.25) is 5.75 Å². The highest BCUT2D eigenvalue weighted by molar-refractivity contribution is 6.30. The molecule has 2 N–H and O–H groups in total. The fourth-order valence-corrected chi connectivity index (χ4v) is 4.18. The molecule has 0 atom stereocenters. The number of halogens is 1. The maximum absolute atomic E-state index is 13.0. The van der Waals surface area contributed by atoms with Gasteiger partial charge in [0.15, 0.2) is 23.0 Å². The van der Waals surface area contributed by atoms with E-state index in [0.717, 1.165) is 0 Å². The predicted molar refractivity (Wildman–Crippen MR) is 170 cm³/mol. The number of nitrogens with one attached hydrogen (secondary N) is 2. The van der Waals surface area contributed by atoms with Crippen molar-refractivity contribution in [3.05, 3.63) is 106 Å². The van der Waals surface area contributed by atoms with Gasteiger partial charge in [0.1, 0.15) is 0 Å². The van der Waals surface area contributed by atoms with E-state index >= 15 is 0 Å². The zero-order valence-electron chi connectivity index (χ0n) is 24.9. The summed E-state index contributed by atoms with van der Waals surface area (Å²) < 4.78 is 27.2. The molecule has 0 bridgehead atoms. The van der Waals surface area contributed by atoms with E-state index in [1.165, 1.54) is 39.7 Å². The van der Waals surface area contributed by atoms with E-state index in [0.29, 0.717) is 57.0 Å². The summed E-state index contributed by atoms with van der Waals surface area (Å²) in [7, 11) is 4.36. The van der Waals surface area contributed by atoms with Crippen molar-refractivity contribution in [2.24, 2.45) is 5.10 Å². The second-order valence-electron chi connectivity index (χ2n) is 9.18. The van der Waals surface area contributed by atoms with Crippen molar-refractivity contribution in [1.82, 2.24) is 5.43 Å². The highest BCUT2D eigenvalue weighted by Gasteiger charge is 2.20. The van der Waals surface area contributed by atoms with Crippen LogP contribution < -0.4 is 34.4 Å². The predicted octanol–water partition coefficient (Wildman–Crippen LogP) is 6.00. The lowest BCUT2D eigenvalue weighted by Crippen LogP contribution is -2.18. The van der Waals surface area contributed by atoms with Crippen LogP contribution in [-0.4, -0.2) is 51.9 Å². The number of esters is 1. The van der Waals surface area contributed by atoms with Crippen LogP contribution in [-0.2, 0) is 0 Å². The van der Waals surface area contributed by atoms with E-state index in [9.17, 15) is 14.4 Å². The largest absolute Gasteiger partial charge is 0.493 e. The van der Waals surface area contributed by atoms with E-state index < -0.39 is 11.9 Å². The van der Waals surface area contributed by atoms with Gasteiger partial charge in [0, 0.05) is 21.8 Å². The van der Waals surface area contributed by atoms with E-state index in [-0.39, 0.29) is 17.2 Å². The SMILES string of the molecule is CCOc1cc(/C=N\NC(=O)c2ccc(NC(=O)c3ccc(Cl)cc3)cc2)ccc1OC(=O)c1cc(OC)c(OC)c(OC)c1. The molecule has 11 nitrogen and oxygen atoms in total. The molecular formula is C33H30ClN3O8. The summed E-state index contributed by atoms with van der Waals surface area (Å²) in [5, 5.41) is 7.32. The number of rotatable bonds is 12. The van der Waals surface area contributed by atoms with Crippen LogP contribution in [0.15, 0.2) is 84.0 Å². The summed E-state index contributed by atoms with van der Waals surface area (Å²) in [6.45, 7) is 2.10. The number of carbonyl (C=O) groups is 3. The normalized spacial score (nSPS) is 10.6. The number of anilines is 1. The van der Waals surface area contributed by atoms with Crippen LogP contribution >= 0.6 is 11.6 Å². The third-order valence-electron chi connectivity index (χ3n) is 6.26. The number of methoxy groups -OCH3 is 3. The van der Waals surface area contributed by atoms with Crippen LogP contribution in [0.1, 0.15) is 43.6 Å². The second-order valence-corrected chi connectivity index (χ2v) is 9.62. The van der Waals surface area contributed by atoms with Gasteiger partial charge in [-0.3, -0.25) is 9.59 Å². The molecule has 0 saturated heterocycles. The first-order valence-electron chi connectivity index (χ1n) is 13.6. The molecule has 0 aromatic heterocycles. The smallest absolute Gasteiger partial charge is 0.343 e. The Bertz CT molecular complexity index is 1680. The minimum absolute atomic E-state index is 0.178. The van der Waals surface area contributed by atoms with Gasteiger partial charge in [-0.2, -0.15) is 5.10 Å². The minimum Gasteiger partial charge on any atom is -0.493 e. The van der Waals surface area contributed by atoms with Gasteiger partial charge in [-0.15, -0.1) is 0 Å². The molecule has 4 aromatic carbocycles. The Kier molecular flexibility index (Phi) is 11.0. The molecule has 0 aliphatic rings. The molecule has 4 rings (SSSR count). The molecule has 2 amide bonds. The Morgan fingerprint density at radius 2 is 1.36 bits per heavy atom. The van der Waals surface area contributed by atoms with E-state index in [4.69, 9.17) is 35.3 Å². The Hall–Kier alpha value is -5.55. The molecule has 0 saturated carbocycles. The fraction of sp³-hybridized carbons (Fsp3) is 0.152. The van der Waals surface area contributed by atoms with Crippen LogP contribution in [0.2, 0.25) is 5.02 Å². The van der Waals surface area contributed by atoms with E-state index in [1.807, 2.05) is 0 Å². The topological polar surface area (TPSA) is 134 Å². The molecule has 0 radical (unpaired) electrons. The number of nitrogens with zero attached hydrogens (tertiary/aromatic N) is 1. The van der Waals surface area contributed by atoms with Gasteiger partial charge in [0.25, 0.3) is 11.8 Å². The Balaban J connectivity index is 1.39. The summed E-state index contributed by atoms with van der Waals surface area (Å²) in [6.07, 6.45) is 1.42. The van der Waals surface area contributed by atoms with Crippen molar-refractivity contribution < 1.29 is 38.1 Å². The minimum atomic E-state index is -0.667. The van der Waals surface area contributed by atoms with Crippen molar-refractivity contribution in [3.63, 3.8) is 0 Å². The lowest BCUT2D eigenvalue weighted by Gasteiger charge is -2.15. The summed E-state index contributed by atoms with van der Waals surface area (Å²) in [5.74, 6) is 0.00515. The van der Waals surface area contributed by atoms with Crippen LogP contribution in [0, 0.1) is 0 Å². The van der Waals surface area contributed by atoms with Gasteiger partial charge in [-0.1, -0.05) is 11.6 Å². The molecule has 232 valence electrons. The quantitative estimate of drug-likeness (QED) is 0.0842. The molecule has 12 heteroatoms. The number of benzene rings is 4. The van der Waals surface area contributed by atoms with Gasteiger partial charge < -0.3 is 29.0 Å². The molecule has 0 heterocycles. The number of ether oxygens (including phenoxy) is 5. The van der Waals surface area contributed by atoms with Crippen LogP contribution in [0.3, 0.4) is 0 Å². The number of hydrogen-bond donors (Lipinski definition) is 2. The first kappa shape index (κ1) is 32.4. The highest BCUT2D eigenvalue weighted by Crippen LogP contribution is 2.39. The molecule has 4 aromatic rings. The molecule has 0 fully saturated rings. The Morgan fingerprint density at radius 3 is 1.96 bits per heavy atom. The van der Waals surface area contributed by atoms with Crippen molar-refractivity contribution >= 4 is 41.3 Å². The van der Waals surface area contributed by atoms with Gasteiger partial charge >= 0.3 is 5.97 Å². The maximum atomic E-state index is 13.0. The third kappa shape index (κ3) is 8.30. The molecule has 45 heavy (non-hydrogen) atoms.